The van der Waals surface area contributed by atoms with Gasteiger partial charge in [-0.25, -0.2) is 9.59 Å². The molecule has 8 nitrogen and oxygen atoms in total. The van der Waals surface area contributed by atoms with Gasteiger partial charge in [-0.3, -0.25) is 0 Å². The molecule has 2 amide bonds. The van der Waals surface area contributed by atoms with Crippen molar-refractivity contribution in [3.8, 4) is 11.3 Å². The highest BCUT2D eigenvalue weighted by molar-refractivity contribution is 5.94. The third kappa shape index (κ3) is 6.43. The molecule has 0 unspecified atom stereocenters. The first-order chi connectivity index (χ1) is 12.2. The highest BCUT2D eigenvalue weighted by Gasteiger charge is 2.38. The predicted octanol–water partition coefficient (Wildman–Crippen LogP) is 2.36. The summed E-state index contributed by atoms with van der Waals surface area (Å²) in [6.07, 6.45) is -5.08. The van der Waals surface area contributed by atoms with Crippen LogP contribution in [0.3, 0.4) is 0 Å². The number of anilines is 1. The van der Waals surface area contributed by atoms with E-state index in [0.29, 0.717) is 30.2 Å². The van der Waals surface area contributed by atoms with Crippen LogP contribution in [0, 0.1) is 6.92 Å². The molecule has 0 aliphatic heterocycles. The quantitative estimate of drug-likeness (QED) is 0.650. The zero-order valence-corrected chi connectivity index (χ0v) is 13.6. The Morgan fingerprint density at radius 3 is 2.35 bits per heavy atom. The van der Waals surface area contributed by atoms with Crippen molar-refractivity contribution in [2.24, 2.45) is 5.73 Å². The maximum absolute atomic E-state index is 11.7. The van der Waals surface area contributed by atoms with Gasteiger partial charge in [-0.15, -0.1) is 0 Å². The minimum atomic E-state index is -5.08. The van der Waals surface area contributed by atoms with Gasteiger partial charge in [0.15, 0.2) is 5.76 Å². The van der Waals surface area contributed by atoms with Crippen LogP contribution in [0.4, 0.5) is 23.7 Å². The number of halogens is 3. The fraction of sp³-hybridized carbons (Fsp3) is 0.267. The lowest BCUT2D eigenvalue weighted by molar-refractivity contribution is -0.192. The van der Waals surface area contributed by atoms with Crippen molar-refractivity contribution in [3.63, 3.8) is 0 Å². The molecule has 2 aromatic rings. The second-order valence-electron chi connectivity index (χ2n) is 4.80. The molecule has 0 fully saturated rings. The Labute approximate surface area is 146 Å². The number of hydrogen-bond donors (Lipinski definition) is 4. The van der Waals surface area contributed by atoms with Gasteiger partial charge in [-0.2, -0.15) is 13.2 Å². The Hall–Kier alpha value is -3.08. The van der Waals surface area contributed by atoms with Crippen LogP contribution in [0.15, 0.2) is 34.9 Å². The summed E-state index contributed by atoms with van der Waals surface area (Å²) in [5.41, 5.74) is 7.39. The van der Waals surface area contributed by atoms with Crippen LogP contribution in [0.2, 0.25) is 0 Å². The number of aryl methyl sites for hydroxylation is 1. The average molecular weight is 374 g/mol. The number of benzene rings is 1. The van der Waals surface area contributed by atoms with Crippen molar-refractivity contribution in [3.05, 3.63) is 36.1 Å². The number of hydrogen-bond acceptors (Lipinski definition) is 5. The number of aliphatic carboxylic acids is 1. The summed E-state index contributed by atoms with van der Waals surface area (Å²) in [7, 11) is 0. The highest BCUT2D eigenvalue weighted by Crippen LogP contribution is 2.29. The Balaban J connectivity index is 0.000000412. The van der Waals surface area contributed by atoms with Crippen LogP contribution in [0.1, 0.15) is 5.76 Å². The predicted molar refractivity (Wildman–Crippen MR) is 86.4 cm³/mol. The summed E-state index contributed by atoms with van der Waals surface area (Å²) in [5, 5.41) is 16.5. The number of amides is 2. The molecule has 5 N–H and O–H groups in total. The number of alkyl halides is 3. The standard InChI is InChI=1S/C13H16N4O2.C2HF3O2/c1-9-11(16-13(18)15-8-7-14)12(17-19-9)10-5-3-2-4-6-10;3-2(4,5)1(6)7/h2-6H,7-8,14H2,1H3,(H2,15,16,18);(H,6,7). The van der Waals surface area contributed by atoms with Gasteiger partial charge < -0.3 is 26.0 Å². The first-order valence-electron chi connectivity index (χ1n) is 7.23. The summed E-state index contributed by atoms with van der Waals surface area (Å²) in [6, 6.07) is 9.20. The van der Waals surface area contributed by atoms with Gasteiger partial charge >= 0.3 is 18.2 Å². The van der Waals surface area contributed by atoms with Crippen molar-refractivity contribution in [2.45, 2.75) is 13.1 Å². The first kappa shape index (κ1) is 21.0. The second kappa shape index (κ2) is 9.42. The van der Waals surface area contributed by atoms with Gasteiger partial charge in [0, 0.05) is 18.7 Å². The van der Waals surface area contributed by atoms with Gasteiger partial charge in [-0.1, -0.05) is 35.5 Å². The van der Waals surface area contributed by atoms with E-state index in [1.165, 1.54) is 0 Å². The molecule has 26 heavy (non-hydrogen) atoms. The number of urea groups is 1. The molecule has 0 aliphatic carbocycles. The van der Waals surface area contributed by atoms with Gasteiger partial charge in [0.2, 0.25) is 0 Å². The average Bonchev–Trinajstić information content (AvgIpc) is 2.94. The maximum Gasteiger partial charge on any atom is 0.490 e. The molecule has 1 aromatic carbocycles. The summed E-state index contributed by atoms with van der Waals surface area (Å²) < 4.78 is 36.9. The van der Waals surface area contributed by atoms with E-state index >= 15 is 0 Å². The molecule has 2 rings (SSSR count). The molecule has 0 saturated heterocycles. The third-order valence-electron chi connectivity index (χ3n) is 2.82. The topological polar surface area (TPSA) is 130 Å². The Morgan fingerprint density at radius 1 is 1.27 bits per heavy atom. The number of nitrogens with zero attached hydrogens (tertiary/aromatic N) is 1. The van der Waals surface area contributed by atoms with E-state index in [9.17, 15) is 18.0 Å². The number of rotatable bonds is 4. The zero-order chi connectivity index (χ0) is 19.7. The normalized spacial score (nSPS) is 10.5. The number of aromatic nitrogens is 1. The molecule has 1 aromatic heterocycles. The molecular weight excluding hydrogens is 357 g/mol. The maximum atomic E-state index is 11.7. The molecule has 142 valence electrons. The summed E-state index contributed by atoms with van der Waals surface area (Å²) >= 11 is 0. The van der Waals surface area contributed by atoms with Gasteiger partial charge in [-0.05, 0) is 6.92 Å². The van der Waals surface area contributed by atoms with Gasteiger partial charge in [0.25, 0.3) is 0 Å². The SMILES string of the molecule is Cc1onc(-c2ccccc2)c1NC(=O)NCCN.O=C(O)C(F)(F)F. The minimum Gasteiger partial charge on any atom is -0.475 e. The van der Waals surface area contributed by atoms with E-state index in [-0.39, 0.29) is 6.03 Å². The minimum absolute atomic E-state index is 0.325. The zero-order valence-electron chi connectivity index (χ0n) is 13.6. The van der Waals surface area contributed by atoms with E-state index in [4.69, 9.17) is 20.2 Å². The van der Waals surface area contributed by atoms with Crippen LogP contribution < -0.4 is 16.4 Å². The lowest BCUT2D eigenvalue weighted by Crippen LogP contribution is -2.33. The smallest absolute Gasteiger partial charge is 0.475 e. The number of nitrogens with two attached hydrogens (primary N) is 1. The number of carboxylic acid groups (broad SMARTS) is 1. The molecule has 0 atom stereocenters. The van der Waals surface area contributed by atoms with E-state index in [0.717, 1.165) is 5.56 Å². The Bertz CT molecular complexity index is 732. The largest absolute Gasteiger partial charge is 0.490 e. The van der Waals surface area contributed by atoms with Crippen molar-refractivity contribution in [1.29, 1.82) is 0 Å². The van der Waals surface area contributed by atoms with E-state index < -0.39 is 12.1 Å². The van der Waals surface area contributed by atoms with Crippen LogP contribution in [-0.2, 0) is 4.79 Å². The molecular formula is C15H17F3N4O4. The van der Waals surface area contributed by atoms with Crippen molar-refractivity contribution < 1.29 is 32.4 Å². The fourth-order valence-electron chi connectivity index (χ4n) is 1.66. The number of carbonyl (C=O) groups excluding carboxylic acids is 1. The van der Waals surface area contributed by atoms with E-state index in [1.807, 2.05) is 30.3 Å². The second-order valence-corrected chi connectivity index (χ2v) is 4.80. The molecule has 0 bridgehead atoms. The van der Waals surface area contributed by atoms with Crippen molar-refractivity contribution in [1.82, 2.24) is 10.5 Å². The lowest BCUT2D eigenvalue weighted by atomic mass is 10.1. The summed E-state index contributed by atoms with van der Waals surface area (Å²) in [6.45, 7) is 2.55. The molecule has 11 heteroatoms. The molecule has 0 saturated carbocycles. The van der Waals surface area contributed by atoms with Gasteiger partial charge in [0.1, 0.15) is 11.4 Å². The molecule has 0 spiro atoms. The van der Waals surface area contributed by atoms with E-state index in [2.05, 4.69) is 15.8 Å². The fourth-order valence-corrected chi connectivity index (χ4v) is 1.66. The molecule has 1 heterocycles. The van der Waals surface area contributed by atoms with Gasteiger partial charge in [0.05, 0.1) is 0 Å². The van der Waals surface area contributed by atoms with Crippen LogP contribution in [0.25, 0.3) is 11.3 Å². The van der Waals surface area contributed by atoms with Crippen LogP contribution in [-0.4, -0.2) is 41.5 Å². The lowest BCUT2D eigenvalue weighted by Gasteiger charge is -2.06. The number of carbonyl (C=O) groups is 2. The van der Waals surface area contributed by atoms with Crippen LogP contribution in [0.5, 0.6) is 0 Å². The van der Waals surface area contributed by atoms with Crippen molar-refractivity contribution >= 4 is 17.7 Å². The Morgan fingerprint density at radius 2 is 1.85 bits per heavy atom. The van der Waals surface area contributed by atoms with Crippen LogP contribution >= 0.6 is 0 Å². The number of carboxylic acids is 1. The van der Waals surface area contributed by atoms with Crippen molar-refractivity contribution in [2.75, 3.05) is 18.4 Å². The molecule has 0 radical (unpaired) electrons. The number of nitrogens with one attached hydrogen (secondary N) is 2. The summed E-state index contributed by atoms with van der Waals surface area (Å²) in [4.78, 5) is 20.6. The monoisotopic (exact) mass is 374 g/mol. The Kier molecular flexibility index (Phi) is 7.59. The summed E-state index contributed by atoms with van der Waals surface area (Å²) in [5.74, 6) is -2.20. The first-order valence-corrected chi connectivity index (χ1v) is 7.23. The molecule has 0 aliphatic rings. The highest BCUT2D eigenvalue weighted by atomic mass is 19.4. The van der Waals surface area contributed by atoms with E-state index in [1.54, 1.807) is 6.92 Å². The third-order valence-corrected chi connectivity index (χ3v) is 2.82.